The molecule has 0 spiro atoms. The maximum atomic E-state index is 12.8. The highest BCUT2D eigenvalue weighted by Crippen LogP contribution is 2.26. The summed E-state index contributed by atoms with van der Waals surface area (Å²) in [7, 11) is 0. The number of hydrogen-bond acceptors (Lipinski definition) is 7. The van der Waals surface area contributed by atoms with Gasteiger partial charge in [0.15, 0.2) is 5.69 Å². The van der Waals surface area contributed by atoms with E-state index in [2.05, 4.69) is 21.5 Å². The summed E-state index contributed by atoms with van der Waals surface area (Å²) in [6.45, 7) is 1.37. The molecule has 0 fully saturated rings. The third-order valence-electron chi connectivity index (χ3n) is 5.41. The monoisotopic (exact) mass is 431 g/mol. The molecule has 1 amide bonds. The minimum Gasteiger partial charge on any atom is -0.491 e. The molecule has 1 unspecified atom stereocenters. The van der Waals surface area contributed by atoms with Gasteiger partial charge in [0.2, 0.25) is 11.8 Å². The van der Waals surface area contributed by atoms with E-state index in [4.69, 9.17) is 19.5 Å². The van der Waals surface area contributed by atoms with Crippen molar-refractivity contribution >= 4 is 5.91 Å². The van der Waals surface area contributed by atoms with E-state index in [1.54, 1.807) is 41.2 Å². The molecule has 0 bridgehead atoms. The second-order valence-electron chi connectivity index (χ2n) is 7.72. The van der Waals surface area contributed by atoms with E-state index in [-0.39, 0.29) is 18.1 Å². The third kappa shape index (κ3) is 4.21. The lowest BCUT2D eigenvalue weighted by atomic mass is 10.0. The van der Waals surface area contributed by atoms with Crippen LogP contribution in [0.4, 0.5) is 0 Å². The first kappa shape index (κ1) is 19.9. The van der Waals surface area contributed by atoms with E-state index >= 15 is 0 Å². The molecule has 0 saturated carbocycles. The van der Waals surface area contributed by atoms with Gasteiger partial charge < -0.3 is 19.5 Å². The molecule has 9 nitrogen and oxygen atoms in total. The third-order valence-corrected chi connectivity index (χ3v) is 5.41. The van der Waals surface area contributed by atoms with Gasteiger partial charge in [0, 0.05) is 31.3 Å². The highest BCUT2D eigenvalue weighted by Gasteiger charge is 2.27. The first-order valence-electron chi connectivity index (χ1n) is 10.4. The molecule has 2 atom stereocenters. The Balaban J connectivity index is 1.19. The molecule has 9 heteroatoms. The number of nitrogens with zero attached hydrogens (tertiary/aromatic N) is 4. The van der Waals surface area contributed by atoms with Gasteiger partial charge in [-0.25, -0.2) is 9.67 Å². The summed E-state index contributed by atoms with van der Waals surface area (Å²) < 4.78 is 19.1. The Morgan fingerprint density at radius 3 is 3.09 bits per heavy atom. The van der Waals surface area contributed by atoms with Gasteiger partial charge in [-0.05, 0) is 36.2 Å². The zero-order valence-corrected chi connectivity index (χ0v) is 17.2. The topological polar surface area (TPSA) is 111 Å². The number of nitrogens with one attached hydrogen (secondary N) is 1. The van der Waals surface area contributed by atoms with Crippen LogP contribution in [0, 0.1) is 11.3 Å². The quantitative estimate of drug-likeness (QED) is 0.659. The number of carbonyl (C=O) groups is 1. The van der Waals surface area contributed by atoms with Crippen LogP contribution in [0.15, 0.2) is 48.7 Å². The molecule has 0 aliphatic carbocycles. The number of pyridine rings is 1. The Hall–Kier alpha value is -4.06. The van der Waals surface area contributed by atoms with E-state index in [0.717, 1.165) is 17.7 Å². The van der Waals surface area contributed by atoms with Crippen LogP contribution in [0.25, 0.3) is 0 Å². The lowest BCUT2D eigenvalue weighted by molar-refractivity contribution is 0.0811. The van der Waals surface area contributed by atoms with Crippen molar-refractivity contribution in [1.29, 1.82) is 5.26 Å². The number of aromatic nitrogens is 3. The standard InChI is InChI=1S/C23H21N5O4/c24-12-15-4-5-20-16(9-15)10-17(13-30-20)26-23(29)19-11-22-28(27-19)8-6-18(32-22)14-31-21-3-1-2-7-25-21/h1-5,7,9,11,17-18H,6,8,10,13-14H2,(H,26,29)/t17-,18?/m1/s1. The van der Waals surface area contributed by atoms with Gasteiger partial charge in [0.25, 0.3) is 5.91 Å². The smallest absolute Gasteiger partial charge is 0.272 e. The molecule has 162 valence electrons. The number of benzene rings is 1. The van der Waals surface area contributed by atoms with Crippen molar-refractivity contribution in [3.05, 3.63) is 65.5 Å². The van der Waals surface area contributed by atoms with Crippen LogP contribution >= 0.6 is 0 Å². The number of rotatable bonds is 5. The molecule has 3 aromatic rings. The van der Waals surface area contributed by atoms with Crippen molar-refractivity contribution in [2.75, 3.05) is 13.2 Å². The molecule has 4 heterocycles. The van der Waals surface area contributed by atoms with Crippen LogP contribution in [0.1, 0.15) is 28.0 Å². The number of ether oxygens (including phenoxy) is 3. The SMILES string of the molecule is N#Cc1ccc2c(c1)C[C@@H](NC(=O)c1cc3n(n1)CCC(COc1ccccn1)O3)CO2. The average Bonchev–Trinajstić information content (AvgIpc) is 3.26. The fourth-order valence-electron chi connectivity index (χ4n) is 3.81. The number of amides is 1. The molecule has 5 rings (SSSR count). The van der Waals surface area contributed by atoms with Crippen LogP contribution in [-0.2, 0) is 13.0 Å². The zero-order chi connectivity index (χ0) is 21.9. The molecule has 2 aliphatic rings. The van der Waals surface area contributed by atoms with Crippen LogP contribution in [0.3, 0.4) is 0 Å². The first-order valence-corrected chi connectivity index (χ1v) is 10.4. The lowest BCUT2D eigenvalue weighted by Gasteiger charge is -2.25. The van der Waals surface area contributed by atoms with Gasteiger partial charge in [-0.15, -0.1) is 0 Å². The Morgan fingerprint density at radius 1 is 1.31 bits per heavy atom. The second kappa shape index (κ2) is 8.59. The van der Waals surface area contributed by atoms with Crippen molar-refractivity contribution in [2.24, 2.45) is 0 Å². The van der Waals surface area contributed by atoms with E-state index in [1.165, 1.54) is 0 Å². The van der Waals surface area contributed by atoms with Gasteiger partial charge in [-0.2, -0.15) is 10.4 Å². The number of nitriles is 1. The normalized spacial score (nSPS) is 18.8. The summed E-state index contributed by atoms with van der Waals surface area (Å²) in [4.78, 5) is 16.9. The van der Waals surface area contributed by atoms with E-state index in [0.29, 0.717) is 49.2 Å². The predicted molar refractivity (Wildman–Crippen MR) is 113 cm³/mol. The van der Waals surface area contributed by atoms with Crippen LogP contribution in [0.2, 0.25) is 0 Å². The summed E-state index contributed by atoms with van der Waals surface area (Å²) in [6.07, 6.45) is 2.84. The summed E-state index contributed by atoms with van der Waals surface area (Å²) >= 11 is 0. The van der Waals surface area contributed by atoms with Crippen molar-refractivity contribution in [2.45, 2.75) is 31.5 Å². The molecule has 1 N–H and O–H groups in total. The predicted octanol–water partition coefficient (Wildman–Crippen LogP) is 2.11. The average molecular weight is 431 g/mol. The molecule has 2 aromatic heterocycles. The van der Waals surface area contributed by atoms with Crippen LogP contribution in [-0.4, -0.2) is 46.0 Å². The summed E-state index contributed by atoms with van der Waals surface area (Å²) in [6, 6.07) is 14.4. The van der Waals surface area contributed by atoms with Crippen LogP contribution in [0.5, 0.6) is 17.5 Å². The minimum absolute atomic E-state index is 0.144. The first-order chi connectivity index (χ1) is 15.7. The number of hydrogen-bond donors (Lipinski definition) is 1. The minimum atomic E-state index is -0.287. The number of aryl methyl sites for hydroxylation is 1. The summed E-state index contributed by atoms with van der Waals surface area (Å²) in [5.74, 6) is 1.55. The van der Waals surface area contributed by atoms with Gasteiger partial charge in [0.1, 0.15) is 25.1 Å². The number of fused-ring (bicyclic) bond motifs is 2. The van der Waals surface area contributed by atoms with Gasteiger partial charge in [-0.1, -0.05) is 6.07 Å². The molecule has 0 saturated heterocycles. The Morgan fingerprint density at radius 2 is 2.25 bits per heavy atom. The second-order valence-corrected chi connectivity index (χ2v) is 7.72. The fourth-order valence-corrected chi connectivity index (χ4v) is 3.81. The van der Waals surface area contributed by atoms with Gasteiger partial charge in [-0.3, -0.25) is 4.79 Å². The Bertz CT molecular complexity index is 1170. The van der Waals surface area contributed by atoms with Gasteiger partial charge in [0.05, 0.1) is 17.7 Å². The largest absolute Gasteiger partial charge is 0.491 e. The van der Waals surface area contributed by atoms with E-state index in [1.807, 2.05) is 12.1 Å². The molecule has 32 heavy (non-hydrogen) atoms. The maximum absolute atomic E-state index is 12.8. The molecule has 2 aliphatic heterocycles. The van der Waals surface area contributed by atoms with Crippen molar-refractivity contribution in [3.63, 3.8) is 0 Å². The van der Waals surface area contributed by atoms with E-state index in [9.17, 15) is 4.79 Å². The molecule has 1 aromatic carbocycles. The van der Waals surface area contributed by atoms with Crippen molar-refractivity contribution in [3.8, 4) is 23.6 Å². The number of carbonyl (C=O) groups excluding carboxylic acids is 1. The van der Waals surface area contributed by atoms with Crippen LogP contribution < -0.4 is 19.5 Å². The lowest BCUT2D eigenvalue weighted by Crippen LogP contribution is -2.42. The Labute approximate surface area is 184 Å². The summed E-state index contributed by atoms with van der Waals surface area (Å²) in [5.41, 5.74) is 1.77. The van der Waals surface area contributed by atoms with E-state index < -0.39 is 0 Å². The Kier molecular flexibility index (Phi) is 5.34. The van der Waals surface area contributed by atoms with Gasteiger partial charge >= 0.3 is 0 Å². The highest BCUT2D eigenvalue weighted by molar-refractivity contribution is 5.92. The molecular formula is C23H21N5O4. The van der Waals surface area contributed by atoms with Crippen molar-refractivity contribution < 1.29 is 19.0 Å². The molecule has 0 radical (unpaired) electrons. The highest BCUT2D eigenvalue weighted by atomic mass is 16.5. The van der Waals surface area contributed by atoms with Crippen molar-refractivity contribution in [1.82, 2.24) is 20.1 Å². The molecular weight excluding hydrogens is 410 g/mol. The fraction of sp³-hybridized carbons (Fsp3) is 0.304. The summed E-state index contributed by atoms with van der Waals surface area (Å²) in [5, 5.41) is 16.4. The maximum Gasteiger partial charge on any atom is 0.272 e. The zero-order valence-electron chi connectivity index (χ0n) is 17.2.